The number of fused-ring (bicyclic) bond motifs is 2. The van der Waals surface area contributed by atoms with Crippen molar-refractivity contribution in [3.8, 4) is 0 Å². The monoisotopic (exact) mass is 489 g/mol. The summed E-state index contributed by atoms with van der Waals surface area (Å²) >= 11 is 0. The Hall–Kier alpha value is -3.54. The molecule has 0 aliphatic rings. The zero-order valence-electron chi connectivity index (χ0n) is 19.7. The average Bonchev–Trinajstić information content (AvgIpc) is 3.38. The van der Waals surface area contributed by atoms with Gasteiger partial charge in [0.05, 0.1) is 11.0 Å². The minimum absolute atomic E-state index is 0.0951. The van der Waals surface area contributed by atoms with E-state index in [4.69, 9.17) is 4.74 Å². The Balaban J connectivity index is 1.50. The molecule has 4 aromatic rings. The lowest BCUT2D eigenvalue weighted by molar-refractivity contribution is -0.144. The second-order valence-electron chi connectivity index (χ2n) is 8.08. The molecule has 0 unspecified atom stereocenters. The van der Waals surface area contributed by atoms with Gasteiger partial charge in [-0.2, -0.15) is 18.2 Å². The number of rotatable bonds is 9. The molecule has 0 aliphatic carbocycles. The topological polar surface area (TPSA) is 99.2 Å². The molecule has 0 fully saturated rings. The van der Waals surface area contributed by atoms with E-state index in [1.54, 1.807) is 13.8 Å². The smallest absolute Gasteiger partial charge is 0.382 e. The lowest BCUT2D eigenvalue weighted by atomic mass is 10.1. The van der Waals surface area contributed by atoms with Gasteiger partial charge in [0.25, 0.3) is 11.6 Å². The van der Waals surface area contributed by atoms with E-state index in [0.717, 1.165) is 22.0 Å². The molecule has 0 atom stereocenters. The first-order valence-electron chi connectivity index (χ1n) is 11.3. The molecule has 0 saturated heterocycles. The van der Waals surface area contributed by atoms with Gasteiger partial charge in [0.15, 0.2) is 0 Å². The maximum absolute atomic E-state index is 13.0. The van der Waals surface area contributed by atoms with Crippen molar-refractivity contribution in [1.29, 1.82) is 0 Å². The number of para-hydroxylation sites is 2. The van der Waals surface area contributed by atoms with E-state index in [1.165, 1.54) is 0 Å². The first-order chi connectivity index (χ1) is 16.7. The normalized spacial score (nSPS) is 12.1. The van der Waals surface area contributed by atoms with Crippen LogP contribution in [0.1, 0.15) is 42.5 Å². The van der Waals surface area contributed by atoms with Crippen molar-refractivity contribution < 1.29 is 22.7 Å². The van der Waals surface area contributed by atoms with Gasteiger partial charge >= 0.3 is 6.18 Å². The number of hydrogen-bond donors (Lipinski definition) is 1. The van der Waals surface area contributed by atoms with Crippen molar-refractivity contribution in [2.24, 2.45) is 0 Å². The lowest BCUT2D eigenvalue weighted by Gasteiger charge is -2.12. The van der Waals surface area contributed by atoms with Gasteiger partial charge in [-0.3, -0.25) is 10.1 Å². The van der Waals surface area contributed by atoms with Crippen LogP contribution in [0, 0.1) is 13.8 Å². The average molecular weight is 490 g/mol. The molecule has 9 nitrogen and oxygen atoms in total. The van der Waals surface area contributed by atoms with Crippen LogP contribution in [-0.2, 0) is 28.7 Å². The number of nitrogens with zero attached hydrogens (tertiary/aromatic N) is 6. The number of benzene rings is 1. The standard InChI is InChI=1S/C23H26F3N7O2/c1-4-35-13-7-12-32-18-9-6-5-8-17(18)28-21(32)29-19(34)11-10-16-14(2)27-22-30-20(23(24,25)26)31-33(22)15(16)3/h5-6,8-9H,4,7,10-13H2,1-3H3,(H,28,29,34). The van der Waals surface area contributed by atoms with Crippen molar-refractivity contribution in [2.75, 3.05) is 18.5 Å². The number of carbonyl (C=O) groups is 1. The summed E-state index contributed by atoms with van der Waals surface area (Å²) in [6.07, 6.45) is -3.53. The van der Waals surface area contributed by atoms with Gasteiger partial charge in [-0.15, -0.1) is 5.10 Å². The Bertz CT molecular complexity index is 1360. The summed E-state index contributed by atoms with van der Waals surface area (Å²) in [7, 11) is 0. The van der Waals surface area contributed by atoms with Crippen LogP contribution in [-0.4, -0.2) is 48.3 Å². The number of anilines is 1. The summed E-state index contributed by atoms with van der Waals surface area (Å²) in [6.45, 7) is 7.13. The highest BCUT2D eigenvalue weighted by Gasteiger charge is 2.37. The zero-order chi connectivity index (χ0) is 25.2. The molecule has 3 aromatic heterocycles. The van der Waals surface area contributed by atoms with Crippen LogP contribution in [0.25, 0.3) is 16.8 Å². The van der Waals surface area contributed by atoms with Crippen LogP contribution in [0.15, 0.2) is 24.3 Å². The Morgan fingerprint density at radius 2 is 1.91 bits per heavy atom. The maximum Gasteiger partial charge on any atom is 0.453 e. The number of hydrogen-bond acceptors (Lipinski definition) is 6. The van der Waals surface area contributed by atoms with Crippen LogP contribution in [0.2, 0.25) is 0 Å². The van der Waals surface area contributed by atoms with Crippen LogP contribution >= 0.6 is 0 Å². The zero-order valence-corrected chi connectivity index (χ0v) is 19.7. The molecule has 0 saturated carbocycles. The Morgan fingerprint density at radius 1 is 1.14 bits per heavy atom. The summed E-state index contributed by atoms with van der Waals surface area (Å²) in [6, 6.07) is 7.62. The fourth-order valence-electron chi connectivity index (χ4n) is 3.98. The molecule has 4 rings (SSSR count). The van der Waals surface area contributed by atoms with Gasteiger partial charge < -0.3 is 9.30 Å². The van der Waals surface area contributed by atoms with Crippen LogP contribution in [0.5, 0.6) is 0 Å². The molecule has 3 heterocycles. The second kappa shape index (κ2) is 9.98. The quantitative estimate of drug-likeness (QED) is 0.355. The number of alkyl halides is 3. The highest BCUT2D eigenvalue weighted by Crippen LogP contribution is 2.27. The predicted molar refractivity (Wildman–Crippen MR) is 123 cm³/mol. The number of amides is 1. The van der Waals surface area contributed by atoms with E-state index >= 15 is 0 Å². The van der Waals surface area contributed by atoms with Crippen LogP contribution in [0.3, 0.4) is 0 Å². The van der Waals surface area contributed by atoms with Gasteiger partial charge in [-0.05, 0) is 51.3 Å². The molecule has 0 aliphatic heterocycles. The fourth-order valence-corrected chi connectivity index (χ4v) is 3.98. The molecular weight excluding hydrogens is 463 g/mol. The summed E-state index contributed by atoms with van der Waals surface area (Å²) < 4.78 is 47.5. The molecule has 0 spiro atoms. The number of aromatic nitrogens is 6. The molecule has 35 heavy (non-hydrogen) atoms. The highest BCUT2D eigenvalue weighted by molar-refractivity contribution is 5.91. The van der Waals surface area contributed by atoms with E-state index < -0.39 is 12.0 Å². The summed E-state index contributed by atoms with van der Waals surface area (Å²) in [5.41, 5.74) is 3.30. The van der Waals surface area contributed by atoms with Gasteiger partial charge in [-0.1, -0.05) is 12.1 Å². The first-order valence-corrected chi connectivity index (χ1v) is 11.3. The molecule has 12 heteroatoms. The van der Waals surface area contributed by atoms with Gasteiger partial charge in [0.1, 0.15) is 0 Å². The van der Waals surface area contributed by atoms with E-state index in [1.807, 2.05) is 35.8 Å². The van der Waals surface area contributed by atoms with E-state index in [9.17, 15) is 18.0 Å². The molecule has 0 bridgehead atoms. The number of halogens is 3. The number of nitrogens with one attached hydrogen (secondary N) is 1. The van der Waals surface area contributed by atoms with Crippen molar-refractivity contribution >= 4 is 28.7 Å². The Labute approximate surface area is 199 Å². The molecule has 1 amide bonds. The Kier molecular flexibility index (Phi) is 7.01. The summed E-state index contributed by atoms with van der Waals surface area (Å²) in [5, 5.41) is 6.43. The Morgan fingerprint density at radius 3 is 2.66 bits per heavy atom. The van der Waals surface area contributed by atoms with Crippen LogP contribution in [0.4, 0.5) is 19.1 Å². The number of carbonyl (C=O) groups excluding carboxylic acids is 1. The van der Waals surface area contributed by atoms with Crippen molar-refractivity contribution in [2.45, 2.75) is 52.8 Å². The summed E-state index contributed by atoms with van der Waals surface area (Å²) in [5.74, 6) is -1.19. The maximum atomic E-state index is 13.0. The predicted octanol–water partition coefficient (Wildman–Crippen LogP) is 4.11. The third-order valence-electron chi connectivity index (χ3n) is 5.68. The van der Waals surface area contributed by atoms with Gasteiger partial charge in [0.2, 0.25) is 11.9 Å². The van der Waals surface area contributed by atoms with Gasteiger partial charge in [-0.25, -0.2) is 14.5 Å². The van der Waals surface area contributed by atoms with Gasteiger partial charge in [0, 0.05) is 37.6 Å². The highest BCUT2D eigenvalue weighted by atomic mass is 19.4. The fraction of sp³-hybridized carbons (Fsp3) is 0.435. The van der Waals surface area contributed by atoms with E-state index in [0.29, 0.717) is 42.7 Å². The largest absolute Gasteiger partial charge is 0.453 e. The third-order valence-corrected chi connectivity index (χ3v) is 5.68. The van der Waals surface area contributed by atoms with E-state index in [-0.39, 0.29) is 24.5 Å². The number of ether oxygens (including phenoxy) is 1. The van der Waals surface area contributed by atoms with Crippen LogP contribution < -0.4 is 5.32 Å². The second-order valence-corrected chi connectivity index (χ2v) is 8.08. The number of imidazole rings is 1. The van der Waals surface area contributed by atoms with Crippen molar-refractivity contribution in [3.05, 3.63) is 47.0 Å². The third kappa shape index (κ3) is 5.26. The minimum atomic E-state index is -4.66. The lowest BCUT2D eigenvalue weighted by Crippen LogP contribution is -2.18. The van der Waals surface area contributed by atoms with E-state index in [2.05, 4.69) is 25.4 Å². The van der Waals surface area contributed by atoms with Crippen molar-refractivity contribution in [1.82, 2.24) is 29.1 Å². The molecule has 1 N–H and O–H groups in total. The minimum Gasteiger partial charge on any atom is -0.382 e. The summed E-state index contributed by atoms with van der Waals surface area (Å²) in [4.78, 5) is 25.0. The SMILES string of the molecule is CCOCCCn1c(NC(=O)CCc2c(C)nc3nc(C(F)(F)F)nn3c2C)nc2ccccc21. The molecule has 186 valence electrons. The first kappa shape index (κ1) is 24.6. The number of aryl methyl sites for hydroxylation is 3. The molecule has 1 aromatic carbocycles. The molecule has 0 radical (unpaired) electrons. The molecular formula is C23H26F3N7O2. The van der Waals surface area contributed by atoms with Crippen molar-refractivity contribution in [3.63, 3.8) is 0 Å².